The smallest absolute Gasteiger partial charge is 0.340 e. The summed E-state index contributed by atoms with van der Waals surface area (Å²) in [6, 6.07) is 3.44. The number of aromatic carboxylic acids is 1. The van der Waals surface area contributed by atoms with Crippen molar-refractivity contribution in [3.63, 3.8) is 0 Å². The summed E-state index contributed by atoms with van der Waals surface area (Å²) in [5.74, 6) is -1.07. The topological polar surface area (TPSA) is 68.0 Å². The number of pyridine rings is 1. The van der Waals surface area contributed by atoms with Gasteiger partial charge < -0.3 is 5.11 Å². The van der Waals surface area contributed by atoms with Gasteiger partial charge >= 0.3 is 5.97 Å². The third-order valence-electron chi connectivity index (χ3n) is 2.66. The molecule has 2 rings (SSSR count). The van der Waals surface area contributed by atoms with Crippen molar-refractivity contribution >= 4 is 17.6 Å². The van der Waals surface area contributed by atoms with Crippen LogP contribution in [0.1, 0.15) is 36.8 Å². The van der Waals surface area contributed by atoms with Gasteiger partial charge in [-0.2, -0.15) is 5.10 Å². The van der Waals surface area contributed by atoms with E-state index in [2.05, 4.69) is 10.1 Å². The lowest BCUT2D eigenvalue weighted by molar-refractivity contribution is 0.0694. The van der Waals surface area contributed by atoms with Crippen molar-refractivity contribution < 1.29 is 9.90 Å². The van der Waals surface area contributed by atoms with E-state index in [9.17, 15) is 9.90 Å². The van der Waals surface area contributed by atoms with Gasteiger partial charge in [-0.05, 0) is 12.1 Å². The van der Waals surface area contributed by atoms with Crippen LogP contribution >= 0.6 is 11.6 Å². The number of hydrogen-bond acceptors (Lipinski definition) is 3. The predicted octanol–water partition coefficient (Wildman–Crippen LogP) is 2.92. The average Bonchev–Trinajstić information content (AvgIpc) is 2.68. The molecule has 0 saturated carbocycles. The number of carboxylic acids is 1. The molecule has 5 nitrogen and oxygen atoms in total. The maximum absolute atomic E-state index is 11.4. The van der Waals surface area contributed by atoms with Crippen LogP contribution in [0.2, 0.25) is 5.15 Å². The first-order chi connectivity index (χ1) is 8.82. The first kappa shape index (κ1) is 13.5. The van der Waals surface area contributed by atoms with Gasteiger partial charge in [0.15, 0.2) is 0 Å². The standard InChI is InChI=1S/C13H14ClN3O2/c1-13(2,3)10-9(12(18)19)11(14)17(16-10)8-4-6-15-7-5-8/h4-7H,1-3H3,(H,18,19). The highest BCUT2D eigenvalue weighted by Crippen LogP contribution is 2.31. The van der Waals surface area contributed by atoms with Crippen LogP contribution in [-0.4, -0.2) is 25.8 Å². The highest BCUT2D eigenvalue weighted by molar-refractivity contribution is 6.33. The Morgan fingerprint density at radius 2 is 1.89 bits per heavy atom. The second-order valence-electron chi connectivity index (χ2n) is 5.19. The molecular weight excluding hydrogens is 266 g/mol. The van der Waals surface area contributed by atoms with E-state index in [1.807, 2.05) is 20.8 Å². The minimum atomic E-state index is -1.07. The van der Waals surface area contributed by atoms with Crippen LogP contribution in [0.15, 0.2) is 24.5 Å². The Morgan fingerprint density at radius 1 is 1.32 bits per heavy atom. The zero-order valence-electron chi connectivity index (χ0n) is 10.9. The first-order valence-corrected chi connectivity index (χ1v) is 6.13. The molecule has 0 aliphatic carbocycles. The van der Waals surface area contributed by atoms with Crippen LogP contribution < -0.4 is 0 Å². The lowest BCUT2D eigenvalue weighted by Crippen LogP contribution is -2.16. The van der Waals surface area contributed by atoms with Crippen molar-refractivity contribution in [2.45, 2.75) is 26.2 Å². The van der Waals surface area contributed by atoms with E-state index >= 15 is 0 Å². The largest absolute Gasteiger partial charge is 0.478 e. The van der Waals surface area contributed by atoms with Crippen LogP contribution in [0, 0.1) is 0 Å². The highest BCUT2D eigenvalue weighted by atomic mass is 35.5. The quantitative estimate of drug-likeness (QED) is 0.918. The van der Waals surface area contributed by atoms with Crippen LogP contribution in [0.4, 0.5) is 0 Å². The van der Waals surface area contributed by atoms with Gasteiger partial charge in [-0.1, -0.05) is 32.4 Å². The van der Waals surface area contributed by atoms with Crippen LogP contribution in [0.5, 0.6) is 0 Å². The number of rotatable bonds is 2. The molecule has 0 bridgehead atoms. The molecule has 0 fully saturated rings. The fraction of sp³-hybridized carbons (Fsp3) is 0.308. The summed E-state index contributed by atoms with van der Waals surface area (Å²) in [5.41, 5.74) is 0.779. The SMILES string of the molecule is CC(C)(C)c1nn(-c2ccncc2)c(Cl)c1C(=O)O. The summed E-state index contributed by atoms with van der Waals surface area (Å²) < 4.78 is 1.42. The molecule has 1 N–H and O–H groups in total. The molecule has 2 aromatic heterocycles. The van der Waals surface area contributed by atoms with E-state index in [1.165, 1.54) is 4.68 Å². The lowest BCUT2D eigenvalue weighted by Gasteiger charge is -2.15. The number of halogens is 1. The fourth-order valence-electron chi connectivity index (χ4n) is 1.77. The summed E-state index contributed by atoms with van der Waals surface area (Å²) in [6.07, 6.45) is 3.20. The molecule has 2 heterocycles. The molecule has 0 radical (unpaired) electrons. The van der Waals surface area contributed by atoms with Crippen molar-refractivity contribution in [3.8, 4) is 5.69 Å². The molecular formula is C13H14ClN3O2. The van der Waals surface area contributed by atoms with E-state index in [0.717, 1.165) is 0 Å². The first-order valence-electron chi connectivity index (χ1n) is 5.75. The number of hydrogen-bond donors (Lipinski definition) is 1. The molecule has 2 aromatic rings. The molecule has 19 heavy (non-hydrogen) atoms. The maximum atomic E-state index is 11.4. The van der Waals surface area contributed by atoms with E-state index < -0.39 is 11.4 Å². The molecule has 100 valence electrons. The van der Waals surface area contributed by atoms with Gasteiger partial charge in [0.25, 0.3) is 0 Å². The molecule has 0 spiro atoms. The third-order valence-corrected chi connectivity index (χ3v) is 3.01. The minimum Gasteiger partial charge on any atom is -0.478 e. The van der Waals surface area contributed by atoms with Gasteiger partial charge in [0.1, 0.15) is 10.7 Å². The zero-order valence-corrected chi connectivity index (χ0v) is 11.6. The lowest BCUT2D eigenvalue weighted by atomic mass is 9.89. The van der Waals surface area contributed by atoms with Crippen LogP contribution in [0.25, 0.3) is 5.69 Å². The molecule has 0 aliphatic rings. The maximum Gasteiger partial charge on any atom is 0.340 e. The Bertz CT molecular complexity index is 615. The Labute approximate surface area is 115 Å². The predicted molar refractivity (Wildman–Crippen MR) is 72.0 cm³/mol. The van der Waals surface area contributed by atoms with Crippen molar-refractivity contribution in [2.75, 3.05) is 0 Å². The Hall–Kier alpha value is -1.88. The van der Waals surface area contributed by atoms with Crippen molar-refractivity contribution in [1.29, 1.82) is 0 Å². The van der Waals surface area contributed by atoms with Crippen molar-refractivity contribution in [1.82, 2.24) is 14.8 Å². The molecule has 0 saturated heterocycles. The van der Waals surface area contributed by atoms with E-state index in [1.54, 1.807) is 24.5 Å². The Kier molecular flexibility index (Phi) is 3.32. The second-order valence-corrected chi connectivity index (χ2v) is 5.54. The van der Waals surface area contributed by atoms with E-state index in [0.29, 0.717) is 11.4 Å². The third kappa shape index (κ3) is 2.46. The molecule has 0 aliphatic heterocycles. The van der Waals surface area contributed by atoms with Gasteiger partial charge in [-0.15, -0.1) is 0 Å². The average molecular weight is 280 g/mol. The summed E-state index contributed by atoms with van der Waals surface area (Å²) >= 11 is 6.16. The summed E-state index contributed by atoms with van der Waals surface area (Å²) in [6.45, 7) is 5.69. The minimum absolute atomic E-state index is 0.0472. The molecule has 0 unspecified atom stereocenters. The summed E-state index contributed by atoms with van der Waals surface area (Å²) in [4.78, 5) is 15.3. The number of carbonyl (C=O) groups is 1. The van der Waals surface area contributed by atoms with Gasteiger partial charge in [0.05, 0.1) is 11.4 Å². The Morgan fingerprint density at radius 3 is 2.32 bits per heavy atom. The van der Waals surface area contributed by atoms with E-state index in [-0.39, 0.29) is 10.7 Å². The van der Waals surface area contributed by atoms with Crippen LogP contribution in [0.3, 0.4) is 0 Å². The van der Waals surface area contributed by atoms with Crippen molar-refractivity contribution in [3.05, 3.63) is 40.9 Å². The Balaban J connectivity index is 2.70. The number of carboxylic acid groups (broad SMARTS) is 1. The van der Waals surface area contributed by atoms with Gasteiger partial charge in [-0.3, -0.25) is 4.98 Å². The van der Waals surface area contributed by atoms with Gasteiger partial charge in [0.2, 0.25) is 0 Å². The number of nitrogens with zero attached hydrogens (tertiary/aromatic N) is 3. The molecule has 0 amide bonds. The molecule has 0 aromatic carbocycles. The van der Waals surface area contributed by atoms with Gasteiger partial charge in [-0.25, -0.2) is 9.48 Å². The number of aromatic nitrogens is 3. The van der Waals surface area contributed by atoms with Crippen molar-refractivity contribution in [2.24, 2.45) is 0 Å². The fourth-order valence-corrected chi connectivity index (χ4v) is 2.07. The van der Waals surface area contributed by atoms with Gasteiger partial charge in [0, 0.05) is 17.8 Å². The monoisotopic (exact) mass is 279 g/mol. The zero-order chi connectivity index (χ0) is 14.2. The van der Waals surface area contributed by atoms with Crippen LogP contribution in [-0.2, 0) is 5.41 Å². The highest BCUT2D eigenvalue weighted by Gasteiger charge is 2.30. The summed E-state index contributed by atoms with van der Waals surface area (Å²) in [5, 5.41) is 13.8. The summed E-state index contributed by atoms with van der Waals surface area (Å²) in [7, 11) is 0. The van der Waals surface area contributed by atoms with E-state index in [4.69, 9.17) is 11.6 Å². The normalized spacial score (nSPS) is 11.6. The second kappa shape index (κ2) is 4.66. The molecule has 6 heteroatoms. The molecule has 0 atom stereocenters.